The molecule has 0 bridgehead atoms. The molecule has 1 unspecified atom stereocenters. The van der Waals surface area contributed by atoms with E-state index in [9.17, 15) is 5.11 Å². The first-order valence-corrected chi connectivity index (χ1v) is 6.54. The lowest BCUT2D eigenvalue weighted by Crippen LogP contribution is -2.07. The van der Waals surface area contributed by atoms with Crippen molar-refractivity contribution >= 4 is 21.6 Å². The van der Waals surface area contributed by atoms with E-state index >= 15 is 0 Å². The molecular weight excluding hydrogens is 292 g/mol. The average molecular weight is 307 g/mol. The second kappa shape index (κ2) is 5.40. The topological polar surface area (TPSA) is 45.1 Å². The van der Waals surface area contributed by atoms with E-state index in [1.54, 1.807) is 12.3 Å². The maximum absolute atomic E-state index is 9.79. The molecule has 0 saturated carbocycles. The molecule has 1 atom stereocenters. The van der Waals surface area contributed by atoms with Gasteiger partial charge < -0.3 is 10.4 Å². The Hall–Kier alpha value is -1.55. The van der Waals surface area contributed by atoms with Gasteiger partial charge in [-0.2, -0.15) is 0 Å². The van der Waals surface area contributed by atoms with Crippen molar-refractivity contribution < 1.29 is 5.11 Å². The minimum absolute atomic E-state index is 0.0218. The Morgan fingerprint density at radius 2 is 2.06 bits per heavy atom. The molecule has 1 heterocycles. The van der Waals surface area contributed by atoms with Gasteiger partial charge in [-0.1, -0.05) is 18.2 Å². The maximum atomic E-state index is 9.79. The zero-order valence-corrected chi connectivity index (χ0v) is 11.9. The van der Waals surface area contributed by atoms with Crippen LogP contribution in [0.15, 0.2) is 41.1 Å². The van der Waals surface area contributed by atoms with E-state index < -0.39 is 0 Å². The highest BCUT2D eigenvalue weighted by Gasteiger charge is 2.10. The summed E-state index contributed by atoms with van der Waals surface area (Å²) in [6.45, 7) is 4.00. The number of rotatable bonds is 3. The van der Waals surface area contributed by atoms with Gasteiger partial charge in [0.25, 0.3) is 0 Å². The first-order valence-electron chi connectivity index (χ1n) is 5.74. The number of nitrogens with zero attached hydrogens (tertiary/aromatic N) is 1. The summed E-state index contributed by atoms with van der Waals surface area (Å²) >= 11 is 3.37. The first-order chi connectivity index (χ1) is 8.58. The Morgan fingerprint density at radius 1 is 1.33 bits per heavy atom. The summed E-state index contributed by atoms with van der Waals surface area (Å²) in [6.07, 6.45) is 1.77. The van der Waals surface area contributed by atoms with Crippen molar-refractivity contribution in [3.63, 3.8) is 0 Å². The largest absolute Gasteiger partial charge is 0.508 e. The number of pyridine rings is 1. The van der Waals surface area contributed by atoms with Gasteiger partial charge >= 0.3 is 0 Å². The van der Waals surface area contributed by atoms with Gasteiger partial charge in [0.05, 0.1) is 17.9 Å². The van der Waals surface area contributed by atoms with E-state index in [2.05, 4.69) is 26.2 Å². The zero-order valence-electron chi connectivity index (χ0n) is 10.3. The maximum Gasteiger partial charge on any atom is 0.120 e. The number of hydrogen-bond acceptors (Lipinski definition) is 3. The molecule has 0 aliphatic rings. The van der Waals surface area contributed by atoms with Crippen LogP contribution in [-0.2, 0) is 0 Å². The van der Waals surface area contributed by atoms with Crippen molar-refractivity contribution in [1.82, 2.24) is 4.98 Å². The van der Waals surface area contributed by atoms with Crippen LogP contribution < -0.4 is 5.32 Å². The second-order valence-corrected chi connectivity index (χ2v) is 5.01. The van der Waals surface area contributed by atoms with Crippen LogP contribution in [0, 0.1) is 6.92 Å². The van der Waals surface area contributed by atoms with E-state index in [1.165, 1.54) is 0 Å². The van der Waals surface area contributed by atoms with E-state index in [4.69, 9.17) is 0 Å². The standard InChI is InChI=1S/C14H15BrN2O/c1-9-7-11(8-16-14(9)15)17-10(2)12-5-3-4-6-13(12)18/h3-8,10,17-18H,1-2H3. The van der Waals surface area contributed by atoms with Gasteiger partial charge in [0.15, 0.2) is 0 Å². The summed E-state index contributed by atoms with van der Waals surface area (Å²) in [5.74, 6) is 0.305. The second-order valence-electron chi connectivity index (χ2n) is 4.26. The Labute approximate surface area is 115 Å². The molecule has 0 radical (unpaired) electrons. The third-order valence-electron chi connectivity index (χ3n) is 2.80. The molecule has 4 heteroatoms. The quantitative estimate of drug-likeness (QED) is 0.842. The zero-order chi connectivity index (χ0) is 13.1. The highest BCUT2D eigenvalue weighted by atomic mass is 79.9. The normalized spacial score (nSPS) is 12.2. The summed E-state index contributed by atoms with van der Waals surface area (Å²) in [4.78, 5) is 4.24. The fraction of sp³-hybridized carbons (Fsp3) is 0.214. The van der Waals surface area contributed by atoms with Crippen LogP contribution in [0.3, 0.4) is 0 Å². The average Bonchev–Trinajstić information content (AvgIpc) is 2.34. The molecule has 2 rings (SSSR count). The number of halogens is 1. The third-order valence-corrected chi connectivity index (χ3v) is 3.63. The number of phenolic OH excluding ortho intramolecular Hbond substituents is 1. The van der Waals surface area contributed by atoms with Gasteiger partial charge in [-0.05, 0) is 47.5 Å². The minimum Gasteiger partial charge on any atom is -0.508 e. The van der Waals surface area contributed by atoms with Gasteiger partial charge in [0.1, 0.15) is 10.4 Å². The van der Waals surface area contributed by atoms with Gasteiger partial charge in [-0.3, -0.25) is 0 Å². The molecule has 0 aliphatic heterocycles. The Kier molecular flexibility index (Phi) is 3.87. The third kappa shape index (κ3) is 2.82. The van der Waals surface area contributed by atoms with Gasteiger partial charge in [0, 0.05) is 5.56 Å². The van der Waals surface area contributed by atoms with Gasteiger partial charge in [-0.15, -0.1) is 0 Å². The number of hydrogen-bond donors (Lipinski definition) is 2. The molecular formula is C14H15BrN2O. The summed E-state index contributed by atoms with van der Waals surface area (Å²) in [7, 11) is 0. The molecule has 0 amide bonds. The minimum atomic E-state index is 0.0218. The van der Waals surface area contributed by atoms with Crippen LogP contribution in [0.5, 0.6) is 5.75 Å². The number of benzene rings is 1. The van der Waals surface area contributed by atoms with Crippen molar-refractivity contribution in [3.05, 3.63) is 52.3 Å². The monoisotopic (exact) mass is 306 g/mol. The van der Waals surface area contributed by atoms with E-state index in [1.807, 2.05) is 38.1 Å². The lowest BCUT2D eigenvalue weighted by Gasteiger charge is -2.17. The molecule has 0 aliphatic carbocycles. The molecule has 1 aromatic carbocycles. The fourth-order valence-corrected chi connectivity index (χ4v) is 2.04. The Morgan fingerprint density at radius 3 is 2.72 bits per heavy atom. The van der Waals surface area contributed by atoms with E-state index in [0.29, 0.717) is 5.75 Å². The SMILES string of the molecule is Cc1cc(NC(C)c2ccccc2O)cnc1Br. The number of aryl methyl sites for hydroxylation is 1. The van der Waals surface area contributed by atoms with Crippen molar-refractivity contribution in [3.8, 4) is 5.75 Å². The highest BCUT2D eigenvalue weighted by molar-refractivity contribution is 9.10. The van der Waals surface area contributed by atoms with Crippen molar-refractivity contribution in [2.45, 2.75) is 19.9 Å². The smallest absolute Gasteiger partial charge is 0.120 e. The van der Waals surface area contributed by atoms with Crippen LogP contribution in [-0.4, -0.2) is 10.1 Å². The predicted molar refractivity (Wildman–Crippen MR) is 76.8 cm³/mol. The molecule has 18 heavy (non-hydrogen) atoms. The van der Waals surface area contributed by atoms with Crippen LogP contribution >= 0.6 is 15.9 Å². The van der Waals surface area contributed by atoms with E-state index in [-0.39, 0.29) is 6.04 Å². The fourth-order valence-electron chi connectivity index (χ4n) is 1.82. The molecule has 94 valence electrons. The summed E-state index contributed by atoms with van der Waals surface area (Å²) in [5, 5.41) is 13.1. The highest BCUT2D eigenvalue weighted by Crippen LogP contribution is 2.27. The van der Waals surface area contributed by atoms with E-state index in [0.717, 1.165) is 21.4 Å². The molecule has 2 N–H and O–H groups in total. The van der Waals surface area contributed by atoms with Crippen molar-refractivity contribution in [2.24, 2.45) is 0 Å². The van der Waals surface area contributed by atoms with Crippen LogP contribution in [0.2, 0.25) is 0 Å². The molecule has 1 aromatic heterocycles. The van der Waals surface area contributed by atoms with Crippen LogP contribution in [0.1, 0.15) is 24.1 Å². The predicted octanol–water partition coefficient (Wildman–Crippen LogP) is 4.03. The summed E-state index contributed by atoms with van der Waals surface area (Å²) in [6, 6.07) is 9.38. The molecule has 0 spiro atoms. The van der Waals surface area contributed by atoms with Crippen LogP contribution in [0.4, 0.5) is 5.69 Å². The van der Waals surface area contributed by atoms with Crippen molar-refractivity contribution in [2.75, 3.05) is 5.32 Å². The molecule has 0 saturated heterocycles. The van der Waals surface area contributed by atoms with Crippen molar-refractivity contribution in [1.29, 1.82) is 0 Å². The first kappa shape index (κ1) is 12.9. The lowest BCUT2D eigenvalue weighted by atomic mass is 10.1. The lowest BCUT2D eigenvalue weighted by molar-refractivity contribution is 0.465. The molecule has 2 aromatic rings. The molecule has 0 fully saturated rings. The number of aromatic hydroxyl groups is 1. The number of para-hydroxylation sites is 1. The molecule has 3 nitrogen and oxygen atoms in total. The van der Waals surface area contributed by atoms with Crippen LogP contribution in [0.25, 0.3) is 0 Å². The number of nitrogens with one attached hydrogen (secondary N) is 1. The Bertz CT molecular complexity index is 557. The number of phenols is 1. The number of aromatic nitrogens is 1. The summed E-state index contributed by atoms with van der Waals surface area (Å²) in [5.41, 5.74) is 2.88. The number of anilines is 1. The van der Waals surface area contributed by atoms with Gasteiger partial charge in [0.2, 0.25) is 0 Å². The Balaban J connectivity index is 2.19. The van der Waals surface area contributed by atoms with Gasteiger partial charge in [-0.25, -0.2) is 4.98 Å². The summed E-state index contributed by atoms with van der Waals surface area (Å²) < 4.78 is 0.850.